The molecule has 0 saturated heterocycles. The zero-order chi connectivity index (χ0) is 18.2. The summed E-state index contributed by atoms with van der Waals surface area (Å²) in [6, 6.07) is 8.27. The highest BCUT2D eigenvalue weighted by Crippen LogP contribution is 2.27. The highest BCUT2D eigenvalue weighted by atomic mass is 32.2. The summed E-state index contributed by atoms with van der Waals surface area (Å²) in [5.41, 5.74) is 0.740. The second-order valence-electron chi connectivity index (χ2n) is 6.15. The summed E-state index contributed by atoms with van der Waals surface area (Å²) in [4.78, 5) is 14.3. The molecule has 1 aromatic heterocycles. The number of fused-ring (bicyclic) bond motifs is 1. The average molecular weight is 363 g/mol. The Bertz CT molecular complexity index is 902. The van der Waals surface area contributed by atoms with Crippen LogP contribution in [0, 0.1) is 0 Å². The van der Waals surface area contributed by atoms with Gasteiger partial charge in [-0.3, -0.25) is 9.52 Å². The molecule has 0 bridgehead atoms. The maximum atomic E-state index is 12.7. The van der Waals surface area contributed by atoms with Crippen molar-refractivity contribution >= 4 is 21.6 Å². The first-order chi connectivity index (χ1) is 11.8. The Balaban J connectivity index is 1.92. The molecule has 134 valence electrons. The predicted molar refractivity (Wildman–Crippen MR) is 94.4 cm³/mol. The van der Waals surface area contributed by atoms with Gasteiger partial charge in [0, 0.05) is 25.3 Å². The Hall–Kier alpha value is -2.48. The van der Waals surface area contributed by atoms with Crippen LogP contribution in [0.3, 0.4) is 0 Å². The number of methoxy groups -OCH3 is 1. The maximum absolute atomic E-state index is 12.7. The molecule has 1 aromatic carbocycles. The van der Waals surface area contributed by atoms with Crippen LogP contribution in [-0.2, 0) is 16.6 Å². The van der Waals surface area contributed by atoms with Crippen LogP contribution in [-0.4, -0.2) is 43.5 Å². The van der Waals surface area contributed by atoms with E-state index in [1.807, 2.05) is 13.8 Å². The molecule has 25 heavy (non-hydrogen) atoms. The van der Waals surface area contributed by atoms with Crippen molar-refractivity contribution in [3.05, 3.63) is 42.2 Å². The van der Waals surface area contributed by atoms with Crippen LogP contribution in [0.5, 0.6) is 5.75 Å². The zero-order valence-corrected chi connectivity index (χ0v) is 15.2. The van der Waals surface area contributed by atoms with E-state index in [0.29, 0.717) is 30.2 Å². The molecule has 0 aliphatic carbocycles. The van der Waals surface area contributed by atoms with Gasteiger partial charge >= 0.3 is 0 Å². The first-order valence-corrected chi connectivity index (χ1v) is 9.49. The number of nitrogens with zero attached hydrogens (tertiary/aromatic N) is 2. The third kappa shape index (κ3) is 3.21. The van der Waals surface area contributed by atoms with E-state index in [9.17, 15) is 13.2 Å². The van der Waals surface area contributed by atoms with Crippen molar-refractivity contribution in [3.63, 3.8) is 0 Å². The summed E-state index contributed by atoms with van der Waals surface area (Å²) >= 11 is 0. The Kier molecular flexibility index (Phi) is 4.47. The molecule has 0 unspecified atom stereocenters. The van der Waals surface area contributed by atoms with Gasteiger partial charge in [-0.2, -0.15) is 0 Å². The van der Waals surface area contributed by atoms with Gasteiger partial charge in [0.1, 0.15) is 16.3 Å². The van der Waals surface area contributed by atoms with Crippen molar-refractivity contribution in [2.45, 2.75) is 31.3 Å². The fourth-order valence-corrected chi connectivity index (χ4v) is 3.99. The second-order valence-corrected chi connectivity index (χ2v) is 7.83. The molecule has 0 atom stereocenters. The van der Waals surface area contributed by atoms with Crippen LogP contribution in [0.2, 0.25) is 0 Å². The molecule has 3 rings (SSSR count). The summed E-state index contributed by atoms with van der Waals surface area (Å²) in [7, 11) is -2.35. The van der Waals surface area contributed by atoms with E-state index in [4.69, 9.17) is 4.74 Å². The van der Waals surface area contributed by atoms with E-state index < -0.39 is 10.0 Å². The first kappa shape index (κ1) is 17.3. The Morgan fingerprint density at radius 3 is 2.60 bits per heavy atom. The summed E-state index contributed by atoms with van der Waals surface area (Å²) in [5.74, 6) is 0.275. The molecule has 0 fully saturated rings. The van der Waals surface area contributed by atoms with Gasteiger partial charge in [0.2, 0.25) is 0 Å². The van der Waals surface area contributed by atoms with Gasteiger partial charge in [-0.1, -0.05) is 12.1 Å². The van der Waals surface area contributed by atoms with Crippen LogP contribution < -0.4 is 9.46 Å². The van der Waals surface area contributed by atoms with Gasteiger partial charge in [-0.15, -0.1) is 0 Å². The second kappa shape index (κ2) is 6.44. The third-order valence-corrected chi connectivity index (χ3v) is 5.55. The normalized spacial score (nSPS) is 14.6. The highest BCUT2D eigenvalue weighted by molar-refractivity contribution is 7.92. The lowest BCUT2D eigenvalue weighted by Gasteiger charge is -2.31. The van der Waals surface area contributed by atoms with Crippen LogP contribution in [0.1, 0.15) is 24.3 Å². The van der Waals surface area contributed by atoms with Gasteiger partial charge < -0.3 is 14.2 Å². The van der Waals surface area contributed by atoms with Crippen molar-refractivity contribution in [2.75, 3.05) is 18.4 Å². The molecule has 1 aliphatic heterocycles. The van der Waals surface area contributed by atoms with E-state index in [1.54, 1.807) is 33.7 Å². The molecule has 8 heteroatoms. The molecule has 1 aliphatic rings. The number of hydrogen-bond donors (Lipinski definition) is 1. The SMILES string of the molecule is COc1ccccc1NS(=O)(=O)c1cc2n(c1)CCN(C(C)C)C2=O. The molecule has 2 heterocycles. The summed E-state index contributed by atoms with van der Waals surface area (Å²) in [6.45, 7) is 5.02. The number of ether oxygens (including phenoxy) is 1. The average Bonchev–Trinajstić information content (AvgIpc) is 3.01. The van der Waals surface area contributed by atoms with Crippen LogP contribution in [0.25, 0.3) is 0 Å². The standard InChI is InChI=1S/C17H21N3O4S/c1-12(2)20-9-8-19-11-13(10-15(19)17(20)21)25(22,23)18-14-6-4-5-7-16(14)24-3/h4-7,10-12,18H,8-9H2,1-3H3. The fourth-order valence-electron chi connectivity index (χ4n) is 2.88. The Labute approximate surface area is 147 Å². The molecule has 0 radical (unpaired) electrons. The van der Waals surface area contributed by atoms with Crippen molar-refractivity contribution in [3.8, 4) is 5.75 Å². The summed E-state index contributed by atoms with van der Waals surface area (Å²) < 4.78 is 34.8. The summed E-state index contributed by atoms with van der Waals surface area (Å²) in [5, 5.41) is 0. The number of hydrogen-bond acceptors (Lipinski definition) is 4. The number of anilines is 1. The molecule has 0 spiro atoms. The topological polar surface area (TPSA) is 80.6 Å². The minimum Gasteiger partial charge on any atom is -0.495 e. The van der Waals surface area contributed by atoms with Gasteiger partial charge in [0.05, 0.1) is 12.8 Å². The number of nitrogens with one attached hydrogen (secondary N) is 1. The highest BCUT2D eigenvalue weighted by Gasteiger charge is 2.29. The minimum absolute atomic E-state index is 0.0624. The molecule has 0 saturated carbocycles. The largest absolute Gasteiger partial charge is 0.495 e. The number of rotatable bonds is 5. The number of benzene rings is 1. The van der Waals surface area contributed by atoms with E-state index in [0.717, 1.165) is 0 Å². The van der Waals surface area contributed by atoms with Crippen molar-refractivity contribution in [1.82, 2.24) is 9.47 Å². The number of sulfonamides is 1. The van der Waals surface area contributed by atoms with Crippen LogP contribution in [0.15, 0.2) is 41.4 Å². The van der Waals surface area contributed by atoms with E-state index in [-0.39, 0.29) is 16.8 Å². The fraction of sp³-hybridized carbons (Fsp3) is 0.353. The molecule has 2 aromatic rings. The van der Waals surface area contributed by atoms with E-state index in [2.05, 4.69) is 4.72 Å². The number of aromatic nitrogens is 1. The van der Waals surface area contributed by atoms with Gasteiger partial charge in [-0.25, -0.2) is 8.42 Å². The van der Waals surface area contributed by atoms with E-state index in [1.165, 1.54) is 19.4 Å². The Morgan fingerprint density at radius 1 is 1.20 bits per heavy atom. The van der Waals surface area contributed by atoms with Crippen molar-refractivity contribution in [2.24, 2.45) is 0 Å². The molecular formula is C17H21N3O4S. The lowest BCUT2D eigenvalue weighted by atomic mass is 10.2. The van der Waals surface area contributed by atoms with Crippen molar-refractivity contribution in [1.29, 1.82) is 0 Å². The molecule has 7 nitrogen and oxygen atoms in total. The van der Waals surface area contributed by atoms with Crippen LogP contribution in [0.4, 0.5) is 5.69 Å². The predicted octanol–water partition coefficient (Wildman–Crippen LogP) is 2.16. The number of carbonyl (C=O) groups is 1. The smallest absolute Gasteiger partial charge is 0.270 e. The summed E-state index contributed by atoms with van der Waals surface area (Å²) in [6.07, 6.45) is 1.50. The Morgan fingerprint density at radius 2 is 1.92 bits per heavy atom. The molecule has 1 N–H and O–H groups in total. The van der Waals surface area contributed by atoms with Crippen molar-refractivity contribution < 1.29 is 17.9 Å². The quantitative estimate of drug-likeness (QED) is 0.883. The monoisotopic (exact) mass is 363 g/mol. The maximum Gasteiger partial charge on any atom is 0.270 e. The first-order valence-electron chi connectivity index (χ1n) is 8.00. The van der Waals surface area contributed by atoms with Crippen LogP contribution >= 0.6 is 0 Å². The van der Waals surface area contributed by atoms with Gasteiger partial charge in [-0.05, 0) is 32.0 Å². The molecular weight excluding hydrogens is 342 g/mol. The van der Waals surface area contributed by atoms with Gasteiger partial charge in [0.25, 0.3) is 15.9 Å². The lowest BCUT2D eigenvalue weighted by molar-refractivity contribution is 0.0649. The third-order valence-electron chi connectivity index (χ3n) is 4.22. The number of carbonyl (C=O) groups excluding carboxylic acids is 1. The lowest BCUT2D eigenvalue weighted by Crippen LogP contribution is -2.43. The van der Waals surface area contributed by atoms with Gasteiger partial charge in [0.15, 0.2) is 0 Å². The number of amides is 1. The minimum atomic E-state index is -3.82. The zero-order valence-electron chi connectivity index (χ0n) is 14.4. The molecule has 1 amide bonds. The van der Waals surface area contributed by atoms with E-state index >= 15 is 0 Å². The number of para-hydroxylation sites is 2.